The number of likely N-dealkylation sites (tertiary alicyclic amines) is 1. The lowest BCUT2D eigenvalue weighted by Crippen LogP contribution is -2.48. The number of nitrogens with zero attached hydrogens (tertiary/aromatic N) is 1. The molecule has 2 aromatic rings. The maximum absolute atomic E-state index is 13.3. The monoisotopic (exact) mass is 375 g/mol. The van der Waals surface area contributed by atoms with Crippen LogP contribution in [-0.2, 0) is 6.54 Å². The van der Waals surface area contributed by atoms with E-state index < -0.39 is 11.9 Å². The summed E-state index contributed by atoms with van der Waals surface area (Å²) < 4.78 is 35.4. The van der Waals surface area contributed by atoms with Gasteiger partial charge in [-0.1, -0.05) is 12.1 Å². The highest BCUT2D eigenvalue weighted by molar-refractivity contribution is 5.48. The molecule has 0 bridgehead atoms. The molecule has 0 saturated carbocycles. The van der Waals surface area contributed by atoms with Gasteiger partial charge in [0.05, 0.1) is 7.11 Å². The molecule has 0 aliphatic carbocycles. The third-order valence-corrected chi connectivity index (χ3v) is 4.88. The topological polar surface area (TPSA) is 60.4 Å². The van der Waals surface area contributed by atoms with E-state index in [-0.39, 0.29) is 12.9 Å². The summed E-state index contributed by atoms with van der Waals surface area (Å²) in [5.41, 5.74) is 1.04. The van der Waals surface area contributed by atoms with Crippen LogP contribution in [-0.4, -0.2) is 49.2 Å². The number of benzene rings is 2. The summed E-state index contributed by atoms with van der Waals surface area (Å²) in [6.45, 7) is 2.13. The first-order valence-electron chi connectivity index (χ1n) is 8.92. The average Bonchev–Trinajstić information content (AvgIpc) is 3.15. The summed E-state index contributed by atoms with van der Waals surface area (Å²) in [7, 11) is 1.46. The van der Waals surface area contributed by atoms with Crippen LogP contribution < -0.4 is 18.9 Å². The Morgan fingerprint density at radius 1 is 1.22 bits per heavy atom. The lowest BCUT2D eigenvalue weighted by Gasteiger charge is -2.36. The van der Waals surface area contributed by atoms with Gasteiger partial charge in [0, 0.05) is 31.3 Å². The molecule has 6 nitrogen and oxygen atoms in total. The second-order valence-corrected chi connectivity index (χ2v) is 6.69. The number of hydrogen-bond donors (Lipinski definition) is 1. The van der Waals surface area contributed by atoms with Crippen LogP contribution in [0, 0.1) is 5.82 Å². The van der Waals surface area contributed by atoms with Crippen LogP contribution in [0.2, 0.25) is 0 Å². The first kappa shape index (κ1) is 17.9. The van der Waals surface area contributed by atoms with Gasteiger partial charge < -0.3 is 24.1 Å². The predicted octanol–water partition coefficient (Wildman–Crippen LogP) is 2.58. The quantitative estimate of drug-likeness (QED) is 0.867. The van der Waals surface area contributed by atoms with E-state index in [1.165, 1.54) is 25.3 Å². The lowest BCUT2D eigenvalue weighted by molar-refractivity contribution is -0.0284. The highest BCUT2D eigenvalue weighted by Gasteiger charge is 2.31. The molecule has 1 N–H and O–H groups in total. The molecular formula is C20H22FNO5. The number of aliphatic hydroxyl groups is 1. The number of rotatable bonds is 5. The fraction of sp³-hybridized carbons (Fsp3) is 0.400. The molecule has 0 spiro atoms. The largest absolute Gasteiger partial charge is 0.493 e. The Balaban J connectivity index is 1.39. The number of piperidine rings is 1. The summed E-state index contributed by atoms with van der Waals surface area (Å²) in [4.78, 5) is 2.16. The predicted molar refractivity (Wildman–Crippen MR) is 95.8 cm³/mol. The van der Waals surface area contributed by atoms with Crippen LogP contribution in [0.1, 0.15) is 12.0 Å². The molecule has 0 radical (unpaired) electrons. The number of halogens is 1. The normalized spacial score (nSPS) is 21.9. The van der Waals surface area contributed by atoms with Crippen molar-refractivity contribution in [2.75, 3.05) is 27.0 Å². The van der Waals surface area contributed by atoms with E-state index >= 15 is 0 Å². The zero-order chi connectivity index (χ0) is 18.8. The lowest BCUT2D eigenvalue weighted by atomic mass is 10.0. The summed E-state index contributed by atoms with van der Waals surface area (Å²) in [5, 5.41) is 10.6. The zero-order valence-electron chi connectivity index (χ0n) is 15.1. The first-order chi connectivity index (χ1) is 13.1. The van der Waals surface area contributed by atoms with Crippen LogP contribution in [0.15, 0.2) is 36.4 Å². The Morgan fingerprint density at radius 3 is 2.93 bits per heavy atom. The smallest absolute Gasteiger partial charge is 0.231 e. The summed E-state index contributed by atoms with van der Waals surface area (Å²) in [5.74, 6) is 1.90. The van der Waals surface area contributed by atoms with Gasteiger partial charge in [-0.3, -0.25) is 4.90 Å². The number of methoxy groups -OCH3 is 1. The molecule has 0 amide bonds. The number of hydrogen-bond acceptors (Lipinski definition) is 6. The fourth-order valence-electron chi connectivity index (χ4n) is 3.51. The summed E-state index contributed by atoms with van der Waals surface area (Å²) >= 11 is 0. The van der Waals surface area contributed by atoms with E-state index in [2.05, 4.69) is 4.90 Å². The van der Waals surface area contributed by atoms with Crippen LogP contribution >= 0.6 is 0 Å². The van der Waals surface area contributed by atoms with Gasteiger partial charge in [-0.15, -0.1) is 0 Å². The highest BCUT2D eigenvalue weighted by atomic mass is 19.1. The van der Waals surface area contributed by atoms with Crippen LogP contribution in [0.3, 0.4) is 0 Å². The number of para-hydroxylation sites is 1. The molecule has 0 aromatic heterocycles. The van der Waals surface area contributed by atoms with E-state index in [9.17, 15) is 9.50 Å². The molecule has 27 heavy (non-hydrogen) atoms. The van der Waals surface area contributed by atoms with Gasteiger partial charge in [0.2, 0.25) is 6.79 Å². The number of fused-ring (bicyclic) bond motifs is 1. The molecule has 0 unspecified atom stereocenters. The molecule has 2 aliphatic rings. The third-order valence-electron chi connectivity index (χ3n) is 4.88. The highest BCUT2D eigenvalue weighted by Crippen LogP contribution is 2.36. The molecule has 1 fully saturated rings. The zero-order valence-corrected chi connectivity index (χ0v) is 15.1. The second kappa shape index (κ2) is 7.62. The Hall–Kier alpha value is -2.51. The molecule has 1 saturated heterocycles. The minimum absolute atomic E-state index is 0.240. The van der Waals surface area contributed by atoms with Crippen molar-refractivity contribution in [1.82, 2.24) is 4.90 Å². The van der Waals surface area contributed by atoms with Gasteiger partial charge in [0.15, 0.2) is 23.0 Å². The summed E-state index contributed by atoms with van der Waals surface area (Å²) in [6, 6.07) is 9.95. The van der Waals surface area contributed by atoms with Crippen molar-refractivity contribution < 1.29 is 28.4 Å². The van der Waals surface area contributed by atoms with Crippen LogP contribution in [0.25, 0.3) is 0 Å². The van der Waals surface area contributed by atoms with E-state index in [0.29, 0.717) is 31.0 Å². The molecule has 2 aromatic carbocycles. The molecule has 4 rings (SSSR count). The minimum atomic E-state index is -0.664. The third kappa shape index (κ3) is 3.79. The van der Waals surface area contributed by atoms with Gasteiger partial charge >= 0.3 is 0 Å². The van der Waals surface area contributed by atoms with Crippen LogP contribution in [0.5, 0.6) is 23.0 Å². The molecule has 7 heteroatoms. The van der Waals surface area contributed by atoms with Gasteiger partial charge in [0.1, 0.15) is 18.0 Å². The molecular weight excluding hydrogens is 353 g/mol. The van der Waals surface area contributed by atoms with Gasteiger partial charge in [-0.2, -0.15) is 0 Å². The maximum Gasteiger partial charge on any atom is 0.231 e. The average molecular weight is 375 g/mol. The van der Waals surface area contributed by atoms with Gasteiger partial charge in [-0.25, -0.2) is 4.39 Å². The van der Waals surface area contributed by atoms with Crippen molar-refractivity contribution in [3.63, 3.8) is 0 Å². The van der Waals surface area contributed by atoms with Crippen molar-refractivity contribution in [2.45, 2.75) is 25.2 Å². The number of aliphatic hydroxyl groups excluding tert-OH is 1. The van der Waals surface area contributed by atoms with E-state index in [1.807, 2.05) is 18.2 Å². The SMILES string of the molecule is COc1cc(F)ccc1O[C@@H]1CCN(Cc2cccc3c2OCO3)C[C@H]1O. The maximum atomic E-state index is 13.3. The molecule has 2 aliphatic heterocycles. The second-order valence-electron chi connectivity index (χ2n) is 6.69. The Kier molecular flexibility index (Phi) is 5.05. The minimum Gasteiger partial charge on any atom is -0.493 e. The fourth-order valence-corrected chi connectivity index (χ4v) is 3.51. The Bertz CT molecular complexity index is 815. The van der Waals surface area contributed by atoms with Gasteiger partial charge in [-0.05, 0) is 24.6 Å². The van der Waals surface area contributed by atoms with Crippen LogP contribution in [0.4, 0.5) is 4.39 Å². The summed E-state index contributed by atoms with van der Waals surface area (Å²) in [6.07, 6.45) is -0.391. The van der Waals surface area contributed by atoms with E-state index in [1.54, 1.807) is 0 Å². The van der Waals surface area contributed by atoms with Crippen molar-refractivity contribution in [3.05, 3.63) is 47.8 Å². The standard InChI is InChI=1S/C20H22FNO5/c1-24-19-9-14(21)5-6-17(19)27-16-7-8-22(11-15(16)23)10-13-3-2-4-18-20(13)26-12-25-18/h2-6,9,15-16,23H,7-8,10-12H2,1H3/t15-,16-/m1/s1. The number of β-amino-alcohol motifs (C(OH)–C–C–N with tert-alkyl or cyclic N) is 1. The number of ether oxygens (including phenoxy) is 4. The Labute approximate surface area is 157 Å². The van der Waals surface area contributed by atoms with E-state index in [0.717, 1.165) is 23.6 Å². The molecule has 2 heterocycles. The van der Waals surface area contributed by atoms with Crippen molar-refractivity contribution in [1.29, 1.82) is 0 Å². The van der Waals surface area contributed by atoms with Crippen molar-refractivity contribution in [3.8, 4) is 23.0 Å². The van der Waals surface area contributed by atoms with Crippen molar-refractivity contribution >= 4 is 0 Å². The van der Waals surface area contributed by atoms with Crippen molar-refractivity contribution in [2.24, 2.45) is 0 Å². The first-order valence-corrected chi connectivity index (χ1v) is 8.92. The van der Waals surface area contributed by atoms with Gasteiger partial charge in [0.25, 0.3) is 0 Å². The van der Waals surface area contributed by atoms with E-state index in [4.69, 9.17) is 18.9 Å². The molecule has 2 atom stereocenters. The molecule has 144 valence electrons. The Morgan fingerprint density at radius 2 is 2.11 bits per heavy atom.